The van der Waals surface area contributed by atoms with Crippen LogP contribution in [0.3, 0.4) is 0 Å². The average molecular weight is 181 g/mol. The molecule has 1 aromatic rings. The third-order valence-corrected chi connectivity index (χ3v) is 2.07. The van der Waals surface area contributed by atoms with Crippen molar-refractivity contribution in [2.24, 2.45) is 5.41 Å². The quantitative estimate of drug-likeness (QED) is 0.725. The van der Waals surface area contributed by atoms with Gasteiger partial charge in [-0.1, -0.05) is 27.2 Å². The lowest BCUT2D eigenvalue weighted by atomic mass is 9.89. The number of nitrogens with zero attached hydrogens (tertiary/aromatic N) is 2. The lowest BCUT2D eigenvalue weighted by Crippen LogP contribution is -2.04. The van der Waals surface area contributed by atoms with Gasteiger partial charge in [0.25, 0.3) is 0 Å². The first-order valence-corrected chi connectivity index (χ1v) is 4.92. The third kappa shape index (κ3) is 4.65. The van der Waals surface area contributed by atoms with Gasteiger partial charge in [0.15, 0.2) is 0 Å². The van der Waals surface area contributed by atoms with Gasteiger partial charge < -0.3 is 0 Å². The fraction of sp³-hybridized carbons (Fsp3) is 0.800. The van der Waals surface area contributed by atoms with E-state index in [-0.39, 0.29) is 0 Å². The molecule has 0 radical (unpaired) electrons. The first-order valence-electron chi connectivity index (χ1n) is 4.92. The minimum atomic E-state index is 0.462. The summed E-state index contributed by atoms with van der Waals surface area (Å²) in [6.07, 6.45) is 6.62. The highest BCUT2D eigenvalue weighted by Crippen LogP contribution is 2.21. The van der Waals surface area contributed by atoms with E-state index in [1.54, 1.807) is 6.20 Å². The molecule has 0 fully saturated rings. The SMILES string of the molecule is CC(C)(C)CCCCc1cn[nH]n1. The Labute approximate surface area is 79.9 Å². The van der Waals surface area contributed by atoms with E-state index < -0.39 is 0 Å². The van der Waals surface area contributed by atoms with Crippen molar-refractivity contribution in [1.82, 2.24) is 15.4 Å². The summed E-state index contributed by atoms with van der Waals surface area (Å²) in [5.41, 5.74) is 1.54. The van der Waals surface area contributed by atoms with E-state index in [2.05, 4.69) is 36.2 Å². The average Bonchev–Trinajstić information content (AvgIpc) is 2.48. The zero-order chi connectivity index (χ0) is 9.73. The minimum Gasteiger partial charge on any atom is -0.198 e. The summed E-state index contributed by atoms with van der Waals surface area (Å²) >= 11 is 0. The smallest absolute Gasteiger partial charge is 0.0824 e. The molecule has 0 aliphatic carbocycles. The molecule has 0 spiro atoms. The second-order valence-electron chi connectivity index (χ2n) is 4.73. The number of rotatable bonds is 4. The van der Waals surface area contributed by atoms with Crippen molar-refractivity contribution >= 4 is 0 Å². The van der Waals surface area contributed by atoms with Gasteiger partial charge >= 0.3 is 0 Å². The summed E-state index contributed by atoms with van der Waals surface area (Å²) in [6.45, 7) is 6.84. The van der Waals surface area contributed by atoms with Crippen molar-refractivity contribution in [3.05, 3.63) is 11.9 Å². The Kier molecular flexibility index (Phi) is 3.46. The molecule has 0 atom stereocenters. The number of aromatic nitrogens is 3. The fourth-order valence-corrected chi connectivity index (χ4v) is 1.31. The van der Waals surface area contributed by atoms with E-state index in [0.29, 0.717) is 5.41 Å². The number of hydrogen-bond donors (Lipinski definition) is 1. The number of hydrogen-bond acceptors (Lipinski definition) is 2. The van der Waals surface area contributed by atoms with Crippen LogP contribution in [0, 0.1) is 5.41 Å². The standard InChI is InChI=1S/C10H19N3/c1-10(2,3)7-5-4-6-9-8-11-13-12-9/h8H,4-7H2,1-3H3,(H,11,12,13). The van der Waals surface area contributed by atoms with E-state index >= 15 is 0 Å². The van der Waals surface area contributed by atoms with Crippen LogP contribution in [0.4, 0.5) is 0 Å². The second kappa shape index (κ2) is 4.40. The predicted molar refractivity (Wildman–Crippen MR) is 53.4 cm³/mol. The molecule has 0 bridgehead atoms. The monoisotopic (exact) mass is 181 g/mol. The van der Waals surface area contributed by atoms with Crippen molar-refractivity contribution in [1.29, 1.82) is 0 Å². The van der Waals surface area contributed by atoms with Gasteiger partial charge in [-0.25, -0.2) is 0 Å². The van der Waals surface area contributed by atoms with Crippen LogP contribution < -0.4 is 0 Å². The van der Waals surface area contributed by atoms with E-state index in [1.165, 1.54) is 19.3 Å². The maximum absolute atomic E-state index is 4.01. The van der Waals surface area contributed by atoms with Crippen LogP contribution in [0.5, 0.6) is 0 Å². The van der Waals surface area contributed by atoms with Crippen molar-refractivity contribution in [3.8, 4) is 0 Å². The predicted octanol–water partition coefficient (Wildman–Crippen LogP) is 2.56. The van der Waals surface area contributed by atoms with E-state index in [4.69, 9.17) is 0 Å². The maximum Gasteiger partial charge on any atom is 0.0824 e. The van der Waals surface area contributed by atoms with Gasteiger partial charge in [0.2, 0.25) is 0 Å². The summed E-state index contributed by atoms with van der Waals surface area (Å²) in [5.74, 6) is 0. The molecule has 3 heteroatoms. The first kappa shape index (κ1) is 10.2. The summed E-state index contributed by atoms with van der Waals surface area (Å²) in [5, 5.41) is 10.4. The first-order chi connectivity index (χ1) is 6.08. The molecule has 1 N–H and O–H groups in total. The van der Waals surface area contributed by atoms with Gasteiger partial charge in [0.1, 0.15) is 0 Å². The fourth-order valence-electron chi connectivity index (χ4n) is 1.31. The number of nitrogens with one attached hydrogen (secondary N) is 1. The van der Waals surface area contributed by atoms with Crippen molar-refractivity contribution < 1.29 is 0 Å². The minimum absolute atomic E-state index is 0.462. The zero-order valence-corrected chi connectivity index (χ0v) is 8.80. The van der Waals surface area contributed by atoms with Crippen LogP contribution >= 0.6 is 0 Å². The zero-order valence-electron chi connectivity index (χ0n) is 8.80. The molecular weight excluding hydrogens is 162 g/mol. The lowest BCUT2D eigenvalue weighted by molar-refractivity contribution is 0.360. The normalized spacial score (nSPS) is 11.9. The van der Waals surface area contributed by atoms with E-state index in [1.807, 2.05) is 0 Å². The van der Waals surface area contributed by atoms with Gasteiger partial charge in [-0.05, 0) is 24.7 Å². The largest absolute Gasteiger partial charge is 0.198 e. The number of aryl methyl sites for hydroxylation is 1. The third-order valence-electron chi connectivity index (χ3n) is 2.07. The summed E-state index contributed by atoms with van der Waals surface area (Å²) < 4.78 is 0. The Morgan fingerprint density at radius 2 is 2.08 bits per heavy atom. The van der Waals surface area contributed by atoms with Crippen molar-refractivity contribution in [2.75, 3.05) is 0 Å². The number of aromatic amines is 1. The van der Waals surface area contributed by atoms with Gasteiger partial charge in [-0.2, -0.15) is 15.4 Å². The molecule has 0 saturated carbocycles. The molecular formula is C10H19N3. The summed E-state index contributed by atoms with van der Waals surface area (Å²) in [7, 11) is 0. The van der Waals surface area contributed by atoms with Crippen molar-refractivity contribution in [3.63, 3.8) is 0 Å². The molecule has 0 amide bonds. The van der Waals surface area contributed by atoms with Crippen LogP contribution in [-0.4, -0.2) is 15.4 Å². The topological polar surface area (TPSA) is 41.6 Å². The van der Waals surface area contributed by atoms with Gasteiger partial charge in [0.05, 0.1) is 11.9 Å². The molecule has 0 unspecified atom stereocenters. The van der Waals surface area contributed by atoms with Crippen LogP contribution in [0.15, 0.2) is 6.20 Å². The molecule has 1 rings (SSSR count). The molecule has 0 aliphatic rings. The molecule has 0 aliphatic heterocycles. The van der Waals surface area contributed by atoms with Crippen LogP contribution in [0.2, 0.25) is 0 Å². The Morgan fingerprint density at radius 1 is 1.31 bits per heavy atom. The molecule has 13 heavy (non-hydrogen) atoms. The Morgan fingerprint density at radius 3 is 2.62 bits per heavy atom. The summed E-state index contributed by atoms with van der Waals surface area (Å²) in [4.78, 5) is 0. The van der Waals surface area contributed by atoms with Gasteiger partial charge in [-0.15, -0.1) is 0 Å². The Hall–Kier alpha value is -0.860. The van der Waals surface area contributed by atoms with Gasteiger partial charge in [0, 0.05) is 0 Å². The highest BCUT2D eigenvalue weighted by atomic mass is 15.3. The number of H-pyrrole nitrogens is 1. The molecule has 3 nitrogen and oxygen atoms in total. The molecule has 74 valence electrons. The molecule has 1 aromatic heterocycles. The highest BCUT2D eigenvalue weighted by Gasteiger charge is 2.08. The Balaban J connectivity index is 2.09. The molecule has 0 saturated heterocycles. The molecule has 0 aromatic carbocycles. The Bertz CT molecular complexity index is 221. The lowest BCUT2D eigenvalue weighted by Gasteiger charge is -2.17. The van der Waals surface area contributed by atoms with Crippen LogP contribution in [-0.2, 0) is 6.42 Å². The maximum atomic E-state index is 4.01. The second-order valence-corrected chi connectivity index (χ2v) is 4.73. The van der Waals surface area contributed by atoms with Crippen molar-refractivity contribution in [2.45, 2.75) is 46.5 Å². The van der Waals surface area contributed by atoms with E-state index in [9.17, 15) is 0 Å². The van der Waals surface area contributed by atoms with Crippen LogP contribution in [0.25, 0.3) is 0 Å². The molecule has 1 heterocycles. The number of unbranched alkanes of at least 4 members (excludes halogenated alkanes) is 1. The summed E-state index contributed by atoms with van der Waals surface area (Å²) in [6, 6.07) is 0. The van der Waals surface area contributed by atoms with E-state index in [0.717, 1.165) is 12.1 Å². The highest BCUT2D eigenvalue weighted by molar-refractivity contribution is 4.89. The van der Waals surface area contributed by atoms with Crippen LogP contribution in [0.1, 0.15) is 45.7 Å². The van der Waals surface area contributed by atoms with Gasteiger partial charge in [-0.3, -0.25) is 0 Å².